The summed E-state index contributed by atoms with van der Waals surface area (Å²) >= 11 is 0. The van der Waals surface area contributed by atoms with Crippen LogP contribution in [0.15, 0.2) is 0 Å². The Bertz CT molecular complexity index is 143. The van der Waals surface area contributed by atoms with Crippen LogP contribution in [0, 0.1) is 5.92 Å². The van der Waals surface area contributed by atoms with Crippen molar-refractivity contribution in [1.29, 1.82) is 0 Å². The van der Waals surface area contributed by atoms with E-state index >= 15 is 0 Å². The molecule has 0 aliphatic rings. The normalized spacial score (nSPS) is 12.5. The second-order valence-electron chi connectivity index (χ2n) is 3.78. The van der Waals surface area contributed by atoms with E-state index in [0.717, 1.165) is 6.42 Å². The minimum Gasteiger partial charge on any atom is -0.466 e. The van der Waals surface area contributed by atoms with Crippen molar-refractivity contribution in [3.63, 3.8) is 0 Å². The molecule has 2 nitrogen and oxygen atoms in total. The van der Waals surface area contributed by atoms with Crippen LogP contribution in [0.3, 0.4) is 0 Å². The highest BCUT2D eigenvalue weighted by Crippen LogP contribution is 2.17. The molecule has 1 atom stereocenters. The number of carbonyl (C=O) groups is 1. The van der Waals surface area contributed by atoms with Crippen molar-refractivity contribution >= 4 is 5.97 Å². The fourth-order valence-corrected chi connectivity index (χ4v) is 1.59. The summed E-state index contributed by atoms with van der Waals surface area (Å²) in [6.07, 6.45) is 6.63. The number of ether oxygens (including phenoxy) is 1. The molecule has 0 bridgehead atoms. The minimum absolute atomic E-state index is 0.0316. The van der Waals surface area contributed by atoms with Crippen molar-refractivity contribution in [3.05, 3.63) is 0 Å². The van der Waals surface area contributed by atoms with Gasteiger partial charge < -0.3 is 4.74 Å². The molecule has 14 heavy (non-hydrogen) atoms. The second kappa shape index (κ2) is 9.04. The molecular weight excluding hydrogens is 176 g/mol. The topological polar surface area (TPSA) is 26.3 Å². The van der Waals surface area contributed by atoms with Crippen molar-refractivity contribution in [1.82, 2.24) is 0 Å². The van der Waals surface area contributed by atoms with Crippen molar-refractivity contribution in [2.75, 3.05) is 6.61 Å². The highest BCUT2D eigenvalue weighted by molar-refractivity contribution is 5.69. The summed E-state index contributed by atoms with van der Waals surface area (Å²) in [6.45, 7) is 6.71. The van der Waals surface area contributed by atoms with Gasteiger partial charge in [-0.05, 0) is 19.3 Å². The minimum atomic E-state index is -0.0316. The quantitative estimate of drug-likeness (QED) is 0.442. The smallest absolute Gasteiger partial charge is 0.306 e. The molecule has 0 unspecified atom stereocenters. The molecule has 0 rings (SSSR count). The maximum atomic E-state index is 11.2. The van der Waals surface area contributed by atoms with Gasteiger partial charge in [0, 0.05) is 6.42 Å². The number of carbonyl (C=O) groups excluding carboxylic acids is 1. The van der Waals surface area contributed by atoms with Crippen LogP contribution < -0.4 is 0 Å². The summed E-state index contributed by atoms with van der Waals surface area (Å²) in [5.41, 5.74) is 0. The molecule has 0 aromatic heterocycles. The van der Waals surface area contributed by atoms with Crippen LogP contribution in [0.2, 0.25) is 0 Å². The number of esters is 1. The number of hydrogen-bond donors (Lipinski definition) is 0. The van der Waals surface area contributed by atoms with Crippen LogP contribution >= 0.6 is 0 Å². The Kier molecular flexibility index (Phi) is 8.70. The van der Waals surface area contributed by atoms with E-state index in [1.165, 1.54) is 25.7 Å². The van der Waals surface area contributed by atoms with E-state index in [0.29, 0.717) is 18.9 Å². The van der Waals surface area contributed by atoms with E-state index in [2.05, 4.69) is 13.8 Å². The Labute approximate surface area is 88.0 Å². The van der Waals surface area contributed by atoms with Crippen LogP contribution in [0.1, 0.15) is 59.3 Å². The number of hydrogen-bond acceptors (Lipinski definition) is 2. The van der Waals surface area contributed by atoms with Gasteiger partial charge in [0.25, 0.3) is 0 Å². The van der Waals surface area contributed by atoms with Gasteiger partial charge in [-0.25, -0.2) is 0 Å². The third-order valence-corrected chi connectivity index (χ3v) is 2.55. The lowest BCUT2D eigenvalue weighted by molar-refractivity contribution is -0.144. The molecule has 0 aromatic carbocycles. The monoisotopic (exact) mass is 200 g/mol. The molecule has 84 valence electrons. The van der Waals surface area contributed by atoms with Gasteiger partial charge in [-0.3, -0.25) is 4.79 Å². The summed E-state index contributed by atoms with van der Waals surface area (Å²) in [5.74, 6) is 0.497. The number of unbranched alkanes of at least 4 members (excludes halogenated alkanes) is 2. The molecule has 0 radical (unpaired) electrons. The fourth-order valence-electron chi connectivity index (χ4n) is 1.59. The lowest BCUT2D eigenvalue weighted by Gasteiger charge is -2.13. The van der Waals surface area contributed by atoms with Crippen LogP contribution in [-0.4, -0.2) is 12.6 Å². The van der Waals surface area contributed by atoms with E-state index in [4.69, 9.17) is 4.74 Å². The molecule has 0 N–H and O–H groups in total. The van der Waals surface area contributed by atoms with E-state index in [-0.39, 0.29) is 5.97 Å². The molecule has 0 spiro atoms. The third-order valence-electron chi connectivity index (χ3n) is 2.55. The van der Waals surface area contributed by atoms with Gasteiger partial charge in [0.1, 0.15) is 0 Å². The van der Waals surface area contributed by atoms with E-state index in [1.807, 2.05) is 6.92 Å². The van der Waals surface area contributed by atoms with E-state index < -0.39 is 0 Å². The standard InChI is InChI=1S/C12H24O2/c1-4-7-8-9-11(5-2)10-12(13)14-6-3/h11H,4-10H2,1-3H3/t11-/m1/s1. The molecule has 2 heteroatoms. The second-order valence-corrected chi connectivity index (χ2v) is 3.78. The highest BCUT2D eigenvalue weighted by Gasteiger charge is 2.12. The molecule has 0 saturated heterocycles. The summed E-state index contributed by atoms with van der Waals surface area (Å²) in [7, 11) is 0. The van der Waals surface area contributed by atoms with Crippen molar-refractivity contribution in [2.45, 2.75) is 59.3 Å². The predicted octanol–water partition coefficient (Wildman–Crippen LogP) is 3.55. The van der Waals surface area contributed by atoms with Gasteiger partial charge in [-0.2, -0.15) is 0 Å². The van der Waals surface area contributed by atoms with Gasteiger partial charge in [-0.1, -0.05) is 39.5 Å². The molecule has 0 amide bonds. The summed E-state index contributed by atoms with van der Waals surface area (Å²) in [6, 6.07) is 0. The fraction of sp³-hybridized carbons (Fsp3) is 0.917. The van der Waals surface area contributed by atoms with Gasteiger partial charge in [0.15, 0.2) is 0 Å². The first-order valence-electron chi connectivity index (χ1n) is 5.90. The summed E-state index contributed by atoms with van der Waals surface area (Å²) in [5, 5.41) is 0. The average Bonchev–Trinajstić information content (AvgIpc) is 2.17. The Morgan fingerprint density at radius 3 is 2.43 bits per heavy atom. The molecule has 0 aromatic rings. The van der Waals surface area contributed by atoms with Crippen molar-refractivity contribution in [3.8, 4) is 0 Å². The molecular formula is C12H24O2. The van der Waals surface area contributed by atoms with Gasteiger partial charge >= 0.3 is 5.97 Å². The Morgan fingerprint density at radius 2 is 1.93 bits per heavy atom. The Balaban J connectivity index is 3.61. The lowest BCUT2D eigenvalue weighted by Crippen LogP contribution is -2.11. The van der Waals surface area contributed by atoms with E-state index in [9.17, 15) is 4.79 Å². The maximum Gasteiger partial charge on any atom is 0.306 e. The van der Waals surface area contributed by atoms with Gasteiger partial charge in [0.2, 0.25) is 0 Å². The first kappa shape index (κ1) is 13.5. The zero-order valence-electron chi connectivity index (χ0n) is 9.84. The van der Waals surface area contributed by atoms with Crippen LogP contribution in [0.25, 0.3) is 0 Å². The summed E-state index contributed by atoms with van der Waals surface area (Å²) < 4.78 is 4.94. The SMILES string of the molecule is CCCCC[C@@H](CC)CC(=O)OCC. The largest absolute Gasteiger partial charge is 0.466 e. The first-order chi connectivity index (χ1) is 6.74. The third kappa shape index (κ3) is 6.93. The molecule has 0 fully saturated rings. The van der Waals surface area contributed by atoms with Crippen LogP contribution in [0.4, 0.5) is 0 Å². The van der Waals surface area contributed by atoms with Crippen LogP contribution in [-0.2, 0) is 9.53 Å². The van der Waals surface area contributed by atoms with Crippen molar-refractivity contribution in [2.24, 2.45) is 5.92 Å². The molecule has 0 saturated carbocycles. The van der Waals surface area contributed by atoms with Crippen molar-refractivity contribution < 1.29 is 9.53 Å². The molecule has 0 aliphatic carbocycles. The summed E-state index contributed by atoms with van der Waals surface area (Å²) in [4.78, 5) is 11.2. The molecule has 0 heterocycles. The predicted molar refractivity (Wildman–Crippen MR) is 59.2 cm³/mol. The lowest BCUT2D eigenvalue weighted by atomic mass is 9.95. The van der Waals surface area contributed by atoms with E-state index in [1.54, 1.807) is 0 Å². The number of rotatable bonds is 8. The maximum absolute atomic E-state index is 11.2. The average molecular weight is 200 g/mol. The first-order valence-corrected chi connectivity index (χ1v) is 5.90. The Morgan fingerprint density at radius 1 is 1.21 bits per heavy atom. The zero-order valence-corrected chi connectivity index (χ0v) is 9.84. The van der Waals surface area contributed by atoms with Gasteiger partial charge in [-0.15, -0.1) is 0 Å². The zero-order chi connectivity index (χ0) is 10.8. The van der Waals surface area contributed by atoms with Gasteiger partial charge in [0.05, 0.1) is 6.61 Å². The molecule has 0 aliphatic heterocycles. The van der Waals surface area contributed by atoms with Crippen LogP contribution in [0.5, 0.6) is 0 Å². The highest BCUT2D eigenvalue weighted by atomic mass is 16.5. The Hall–Kier alpha value is -0.530.